The van der Waals surface area contributed by atoms with Gasteiger partial charge in [0, 0.05) is 0 Å². The van der Waals surface area contributed by atoms with Crippen LogP contribution >= 0.6 is 0 Å². The van der Waals surface area contributed by atoms with Gasteiger partial charge in [0.1, 0.15) is 0 Å². The van der Waals surface area contributed by atoms with Crippen molar-refractivity contribution in [1.82, 2.24) is 0 Å². The average molecular weight is 226 g/mol. The number of phenols is 1. The van der Waals surface area contributed by atoms with Crippen LogP contribution in [0.25, 0.3) is 0 Å². The second-order valence-electron chi connectivity index (χ2n) is 3.74. The Kier molecular flexibility index (Phi) is 4.43. The predicted molar refractivity (Wildman–Crippen MR) is 61.2 cm³/mol. The summed E-state index contributed by atoms with van der Waals surface area (Å²) in [7, 11) is 2.99. The predicted octanol–water partition coefficient (Wildman–Crippen LogP) is 1.72. The maximum atomic E-state index is 9.69. The zero-order valence-electron chi connectivity index (χ0n) is 9.86. The van der Waals surface area contributed by atoms with E-state index in [0.717, 1.165) is 5.56 Å². The van der Waals surface area contributed by atoms with E-state index in [1.54, 1.807) is 19.1 Å². The van der Waals surface area contributed by atoms with Crippen LogP contribution in [0.4, 0.5) is 0 Å². The largest absolute Gasteiger partial charge is 0.502 e. The van der Waals surface area contributed by atoms with Crippen LogP contribution in [0.3, 0.4) is 0 Å². The molecule has 0 radical (unpaired) electrons. The van der Waals surface area contributed by atoms with E-state index in [1.807, 2.05) is 0 Å². The van der Waals surface area contributed by atoms with Crippen LogP contribution in [0, 0.1) is 0 Å². The van der Waals surface area contributed by atoms with Gasteiger partial charge in [-0.25, -0.2) is 0 Å². The lowest BCUT2D eigenvalue weighted by Crippen LogP contribution is -2.02. The highest BCUT2D eigenvalue weighted by atomic mass is 16.5. The summed E-state index contributed by atoms with van der Waals surface area (Å²) in [5.41, 5.74) is 0.965. The van der Waals surface area contributed by atoms with E-state index in [2.05, 4.69) is 0 Å². The van der Waals surface area contributed by atoms with Crippen molar-refractivity contribution < 1.29 is 19.7 Å². The lowest BCUT2D eigenvalue weighted by Gasteiger charge is -2.11. The Bertz CT molecular complexity index is 322. The summed E-state index contributed by atoms with van der Waals surface area (Å²) < 4.78 is 10.1. The third-order valence-electron chi connectivity index (χ3n) is 2.39. The van der Waals surface area contributed by atoms with Crippen molar-refractivity contribution in [1.29, 1.82) is 0 Å². The molecule has 4 heteroatoms. The van der Waals surface area contributed by atoms with E-state index >= 15 is 0 Å². The highest BCUT2D eigenvalue weighted by Gasteiger charge is 2.11. The quantitative estimate of drug-likeness (QED) is 0.802. The van der Waals surface area contributed by atoms with Gasteiger partial charge in [0.25, 0.3) is 0 Å². The molecule has 0 saturated heterocycles. The normalized spacial score (nSPS) is 12.2. The Morgan fingerprint density at radius 1 is 1.19 bits per heavy atom. The molecule has 0 fully saturated rings. The number of hydrogen-bond donors (Lipinski definition) is 2. The second kappa shape index (κ2) is 5.61. The molecule has 16 heavy (non-hydrogen) atoms. The highest BCUT2D eigenvalue weighted by molar-refractivity contribution is 5.52. The van der Waals surface area contributed by atoms with Crippen molar-refractivity contribution in [2.75, 3.05) is 14.2 Å². The summed E-state index contributed by atoms with van der Waals surface area (Å²) in [6, 6.07) is 3.50. The van der Waals surface area contributed by atoms with Crippen molar-refractivity contribution in [2.24, 2.45) is 0 Å². The van der Waals surface area contributed by atoms with E-state index in [0.29, 0.717) is 24.3 Å². The SMILES string of the molecule is COc1cc(CCC(C)O)cc(OC)c1O. The fraction of sp³-hybridized carbons (Fsp3) is 0.500. The van der Waals surface area contributed by atoms with Gasteiger partial charge < -0.3 is 19.7 Å². The van der Waals surface area contributed by atoms with Gasteiger partial charge in [0.15, 0.2) is 11.5 Å². The zero-order chi connectivity index (χ0) is 12.1. The summed E-state index contributed by atoms with van der Waals surface area (Å²) in [5, 5.41) is 18.9. The number of hydrogen-bond acceptors (Lipinski definition) is 4. The molecule has 0 aliphatic rings. The van der Waals surface area contributed by atoms with Crippen LogP contribution < -0.4 is 9.47 Å². The lowest BCUT2D eigenvalue weighted by molar-refractivity contribution is 0.185. The Balaban J connectivity index is 2.93. The minimum absolute atomic E-state index is 0.00537. The van der Waals surface area contributed by atoms with Gasteiger partial charge in [0.05, 0.1) is 20.3 Å². The number of phenolic OH excluding ortho intramolecular Hbond substituents is 1. The maximum Gasteiger partial charge on any atom is 0.200 e. The number of rotatable bonds is 5. The summed E-state index contributed by atoms with van der Waals surface area (Å²) in [5.74, 6) is 0.783. The second-order valence-corrected chi connectivity index (χ2v) is 3.74. The van der Waals surface area contributed by atoms with E-state index in [-0.39, 0.29) is 11.9 Å². The van der Waals surface area contributed by atoms with Crippen molar-refractivity contribution >= 4 is 0 Å². The fourth-order valence-corrected chi connectivity index (χ4v) is 1.47. The van der Waals surface area contributed by atoms with E-state index in [4.69, 9.17) is 9.47 Å². The van der Waals surface area contributed by atoms with Crippen LogP contribution in [0.5, 0.6) is 17.2 Å². The first-order valence-electron chi connectivity index (χ1n) is 5.20. The van der Waals surface area contributed by atoms with Gasteiger partial charge in [-0.15, -0.1) is 0 Å². The molecule has 0 amide bonds. The molecule has 0 aliphatic carbocycles. The fourth-order valence-electron chi connectivity index (χ4n) is 1.47. The molecule has 1 atom stereocenters. The van der Waals surface area contributed by atoms with E-state index < -0.39 is 0 Å². The van der Waals surface area contributed by atoms with Crippen LogP contribution in [-0.2, 0) is 6.42 Å². The summed E-state index contributed by atoms with van der Waals surface area (Å²) in [6.45, 7) is 1.74. The Morgan fingerprint density at radius 2 is 1.69 bits per heavy atom. The molecule has 1 aromatic carbocycles. The Labute approximate surface area is 95.4 Å². The molecule has 0 saturated carbocycles. The summed E-state index contributed by atoms with van der Waals surface area (Å²) in [6.07, 6.45) is 1.03. The minimum atomic E-state index is -0.342. The molecule has 0 bridgehead atoms. The first-order chi connectivity index (χ1) is 7.58. The van der Waals surface area contributed by atoms with Gasteiger partial charge in [-0.1, -0.05) is 0 Å². The van der Waals surface area contributed by atoms with Gasteiger partial charge in [-0.3, -0.25) is 0 Å². The van der Waals surface area contributed by atoms with Gasteiger partial charge in [0.2, 0.25) is 5.75 Å². The monoisotopic (exact) mass is 226 g/mol. The van der Waals surface area contributed by atoms with Gasteiger partial charge in [-0.05, 0) is 37.5 Å². The smallest absolute Gasteiger partial charge is 0.200 e. The molecule has 2 N–H and O–H groups in total. The van der Waals surface area contributed by atoms with Crippen molar-refractivity contribution in [2.45, 2.75) is 25.9 Å². The maximum absolute atomic E-state index is 9.69. The zero-order valence-corrected chi connectivity index (χ0v) is 9.86. The topological polar surface area (TPSA) is 58.9 Å². The molecule has 0 aromatic heterocycles. The molecule has 0 aliphatic heterocycles. The molecule has 1 rings (SSSR count). The Morgan fingerprint density at radius 3 is 2.06 bits per heavy atom. The Hall–Kier alpha value is -1.42. The van der Waals surface area contributed by atoms with Crippen molar-refractivity contribution in [3.05, 3.63) is 17.7 Å². The number of aliphatic hydroxyl groups excluding tert-OH is 1. The summed E-state index contributed by atoms with van der Waals surface area (Å²) in [4.78, 5) is 0. The molecular formula is C12H18O4. The van der Waals surface area contributed by atoms with Crippen LogP contribution in [0.2, 0.25) is 0 Å². The minimum Gasteiger partial charge on any atom is -0.502 e. The lowest BCUT2D eigenvalue weighted by atomic mass is 10.1. The number of aromatic hydroxyl groups is 1. The van der Waals surface area contributed by atoms with Crippen LogP contribution in [0.15, 0.2) is 12.1 Å². The number of aliphatic hydroxyl groups is 1. The number of aryl methyl sites for hydroxylation is 1. The first kappa shape index (κ1) is 12.6. The first-order valence-corrected chi connectivity index (χ1v) is 5.20. The molecule has 0 spiro atoms. The third-order valence-corrected chi connectivity index (χ3v) is 2.39. The van der Waals surface area contributed by atoms with Crippen molar-refractivity contribution in [3.63, 3.8) is 0 Å². The number of ether oxygens (including phenoxy) is 2. The van der Waals surface area contributed by atoms with E-state index in [1.165, 1.54) is 14.2 Å². The van der Waals surface area contributed by atoms with Gasteiger partial charge in [-0.2, -0.15) is 0 Å². The molecule has 4 nitrogen and oxygen atoms in total. The third kappa shape index (κ3) is 3.03. The van der Waals surface area contributed by atoms with E-state index in [9.17, 15) is 10.2 Å². The molecule has 1 unspecified atom stereocenters. The molecule has 90 valence electrons. The molecule has 1 aromatic rings. The van der Waals surface area contributed by atoms with Crippen LogP contribution in [0.1, 0.15) is 18.9 Å². The average Bonchev–Trinajstić information content (AvgIpc) is 2.27. The van der Waals surface area contributed by atoms with Gasteiger partial charge >= 0.3 is 0 Å². The number of methoxy groups -OCH3 is 2. The number of benzene rings is 1. The molecule has 0 heterocycles. The standard InChI is InChI=1S/C12H18O4/c1-8(13)4-5-9-6-10(15-2)12(14)11(7-9)16-3/h6-8,13-14H,4-5H2,1-3H3. The highest BCUT2D eigenvalue weighted by Crippen LogP contribution is 2.37. The van der Waals surface area contributed by atoms with Crippen LogP contribution in [-0.4, -0.2) is 30.5 Å². The summed E-state index contributed by atoms with van der Waals surface area (Å²) >= 11 is 0. The molecular weight excluding hydrogens is 208 g/mol. The van der Waals surface area contributed by atoms with Crippen molar-refractivity contribution in [3.8, 4) is 17.2 Å².